The molecule has 0 aliphatic rings. The number of benzene rings is 1. The molecule has 10 heteroatoms. The molecule has 0 spiro atoms. The molecule has 0 fully saturated rings. The Hall–Kier alpha value is -4.08. The van der Waals surface area contributed by atoms with E-state index in [2.05, 4.69) is 25.5 Å². The Labute approximate surface area is 174 Å². The average Bonchev–Trinajstić information content (AvgIpc) is 3.21. The van der Waals surface area contributed by atoms with E-state index in [9.17, 15) is 18.0 Å². The number of nitrogens with zero attached hydrogens (tertiary/aromatic N) is 5. The van der Waals surface area contributed by atoms with E-state index < -0.39 is 18.6 Å². The maximum atomic E-state index is 12.8. The van der Waals surface area contributed by atoms with Crippen LogP contribution in [0.3, 0.4) is 0 Å². The molecule has 0 saturated heterocycles. The number of carbonyl (C=O) groups is 1. The highest BCUT2D eigenvalue weighted by Crippen LogP contribution is 2.25. The van der Waals surface area contributed by atoms with Crippen LogP contribution in [0.5, 0.6) is 0 Å². The molecule has 7 nitrogen and oxygen atoms in total. The predicted molar refractivity (Wildman–Crippen MR) is 107 cm³/mol. The van der Waals surface area contributed by atoms with Crippen molar-refractivity contribution >= 4 is 11.6 Å². The number of carbonyl (C=O) groups excluding carboxylic acids is 1. The smallest absolute Gasteiger partial charge is 0.321 e. The van der Waals surface area contributed by atoms with Crippen molar-refractivity contribution in [3.05, 3.63) is 79.1 Å². The number of aromatic nitrogens is 5. The molecular weight excluding hydrogens is 409 g/mol. The molecule has 4 rings (SSSR count). The Bertz CT molecular complexity index is 1210. The monoisotopic (exact) mass is 424 g/mol. The van der Waals surface area contributed by atoms with Gasteiger partial charge in [-0.2, -0.15) is 13.2 Å². The third kappa shape index (κ3) is 4.92. The van der Waals surface area contributed by atoms with Crippen molar-refractivity contribution in [2.75, 3.05) is 5.32 Å². The first kappa shape index (κ1) is 20.2. The van der Waals surface area contributed by atoms with Crippen LogP contribution in [0.15, 0.2) is 73.4 Å². The average molecular weight is 424 g/mol. The molecule has 0 aliphatic carbocycles. The van der Waals surface area contributed by atoms with Gasteiger partial charge < -0.3 is 9.88 Å². The number of halogens is 3. The van der Waals surface area contributed by atoms with E-state index in [1.807, 2.05) is 6.07 Å². The zero-order valence-electron chi connectivity index (χ0n) is 15.9. The van der Waals surface area contributed by atoms with Crippen LogP contribution >= 0.6 is 0 Å². The summed E-state index contributed by atoms with van der Waals surface area (Å²) in [6.45, 7) is -1.21. The van der Waals surface area contributed by atoms with E-state index in [0.717, 1.165) is 22.0 Å². The van der Waals surface area contributed by atoms with Gasteiger partial charge in [-0.25, -0.2) is 0 Å². The topological polar surface area (TPSA) is 85.6 Å². The number of nitrogens with one attached hydrogen (secondary N) is 1. The van der Waals surface area contributed by atoms with E-state index in [1.54, 1.807) is 48.8 Å². The van der Waals surface area contributed by atoms with E-state index in [-0.39, 0.29) is 11.5 Å². The van der Waals surface area contributed by atoms with Gasteiger partial charge in [0, 0.05) is 35.4 Å². The fraction of sp³-hybridized carbons (Fsp3) is 0.0952. The van der Waals surface area contributed by atoms with Gasteiger partial charge >= 0.3 is 6.18 Å². The summed E-state index contributed by atoms with van der Waals surface area (Å²) in [7, 11) is 0. The molecule has 3 heterocycles. The number of alkyl halides is 3. The van der Waals surface area contributed by atoms with Crippen molar-refractivity contribution in [2.24, 2.45) is 0 Å². The molecule has 156 valence electrons. The minimum absolute atomic E-state index is 0.0464. The van der Waals surface area contributed by atoms with Gasteiger partial charge in [-0.15, -0.1) is 10.2 Å². The normalized spacial score (nSPS) is 11.3. The lowest BCUT2D eigenvalue weighted by Crippen LogP contribution is -2.18. The second-order valence-corrected chi connectivity index (χ2v) is 6.60. The van der Waals surface area contributed by atoms with Crippen molar-refractivity contribution < 1.29 is 18.0 Å². The summed E-state index contributed by atoms with van der Waals surface area (Å²) in [4.78, 5) is 20.8. The number of amides is 1. The van der Waals surface area contributed by atoms with Gasteiger partial charge in [0.2, 0.25) is 0 Å². The third-order valence-corrected chi connectivity index (χ3v) is 4.33. The number of pyridine rings is 2. The van der Waals surface area contributed by atoms with Crippen molar-refractivity contribution in [3.63, 3.8) is 0 Å². The van der Waals surface area contributed by atoms with Crippen LogP contribution in [-0.4, -0.2) is 36.8 Å². The zero-order chi connectivity index (χ0) is 21.8. The maximum absolute atomic E-state index is 12.8. The first-order valence-corrected chi connectivity index (χ1v) is 9.12. The lowest BCUT2D eigenvalue weighted by atomic mass is 10.1. The van der Waals surface area contributed by atoms with Crippen LogP contribution < -0.4 is 5.32 Å². The standard InChI is InChI=1S/C21H15F3N6O/c22-21(23,24)12-30-13-27-29-19(30)15-3-1-5-17(9-15)28-20(31)18-10-14(6-8-26-18)16-4-2-7-25-11-16/h1-11,13H,12H2,(H,28,31). The molecule has 1 aromatic carbocycles. The summed E-state index contributed by atoms with van der Waals surface area (Å²) in [5.74, 6) is -0.412. The van der Waals surface area contributed by atoms with Crippen LogP contribution in [0, 0.1) is 0 Å². The van der Waals surface area contributed by atoms with Crippen molar-refractivity contribution in [1.29, 1.82) is 0 Å². The summed E-state index contributed by atoms with van der Waals surface area (Å²) in [5.41, 5.74) is 2.58. The highest BCUT2D eigenvalue weighted by atomic mass is 19.4. The Morgan fingerprint density at radius 1 is 1.00 bits per heavy atom. The Morgan fingerprint density at radius 2 is 1.84 bits per heavy atom. The molecule has 0 radical (unpaired) electrons. The minimum atomic E-state index is -4.41. The molecule has 1 N–H and O–H groups in total. The van der Waals surface area contributed by atoms with E-state index >= 15 is 0 Å². The van der Waals surface area contributed by atoms with Crippen molar-refractivity contribution in [3.8, 4) is 22.5 Å². The quantitative estimate of drug-likeness (QED) is 0.519. The molecule has 0 unspecified atom stereocenters. The number of hydrogen-bond acceptors (Lipinski definition) is 5. The number of rotatable bonds is 5. The zero-order valence-corrected chi connectivity index (χ0v) is 15.9. The van der Waals surface area contributed by atoms with E-state index in [4.69, 9.17) is 0 Å². The summed E-state index contributed by atoms with van der Waals surface area (Å²) in [6.07, 6.45) is 1.46. The van der Waals surface area contributed by atoms with Gasteiger partial charge in [0.25, 0.3) is 5.91 Å². The second-order valence-electron chi connectivity index (χ2n) is 6.60. The van der Waals surface area contributed by atoms with Crippen molar-refractivity contribution in [2.45, 2.75) is 12.7 Å². The summed E-state index contributed by atoms with van der Waals surface area (Å²) in [6, 6.07) is 13.4. The molecular formula is C21H15F3N6O. The Morgan fingerprint density at radius 3 is 2.61 bits per heavy atom. The largest absolute Gasteiger partial charge is 0.406 e. The van der Waals surface area contributed by atoms with Gasteiger partial charge in [-0.3, -0.25) is 14.8 Å². The molecule has 0 atom stereocenters. The third-order valence-electron chi connectivity index (χ3n) is 4.33. The van der Waals surface area contributed by atoms with Gasteiger partial charge in [-0.05, 0) is 35.9 Å². The van der Waals surface area contributed by atoms with Gasteiger partial charge in [-0.1, -0.05) is 18.2 Å². The fourth-order valence-corrected chi connectivity index (χ4v) is 2.99. The highest BCUT2D eigenvalue weighted by molar-refractivity contribution is 6.03. The van der Waals surface area contributed by atoms with Gasteiger partial charge in [0.05, 0.1) is 0 Å². The van der Waals surface area contributed by atoms with Crippen LogP contribution in [0.4, 0.5) is 18.9 Å². The molecule has 31 heavy (non-hydrogen) atoms. The van der Waals surface area contributed by atoms with E-state index in [0.29, 0.717) is 11.3 Å². The van der Waals surface area contributed by atoms with Crippen LogP contribution in [0.1, 0.15) is 10.5 Å². The molecule has 0 aliphatic heterocycles. The molecule has 1 amide bonds. The second kappa shape index (κ2) is 8.34. The minimum Gasteiger partial charge on any atom is -0.321 e. The number of anilines is 1. The summed E-state index contributed by atoms with van der Waals surface area (Å²) < 4.78 is 39.2. The van der Waals surface area contributed by atoms with Crippen molar-refractivity contribution in [1.82, 2.24) is 24.7 Å². The summed E-state index contributed by atoms with van der Waals surface area (Å²) in [5, 5.41) is 10.1. The SMILES string of the molecule is O=C(Nc1cccc(-c2nncn2CC(F)(F)F)c1)c1cc(-c2cccnc2)ccn1. The Kier molecular flexibility index (Phi) is 5.44. The lowest BCUT2D eigenvalue weighted by Gasteiger charge is -2.11. The fourth-order valence-electron chi connectivity index (χ4n) is 2.99. The lowest BCUT2D eigenvalue weighted by molar-refractivity contribution is -0.140. The number of hydrogen-bond donors (Lipinski definition) is 1. The van der Waals surface area contributed by atoms with Gasteiger partial charge in [0.15, 0.2) is 5.82 Å². The molecule has 3 aromatic heterocycles. The summed E-state index contributed by atoms with van der Waals surface area (Å²) >= 11 is 0. The van der Waals surface area contributed by atoms with Gasteiger partial charge in [0.1, 0.15) is 18.6 Å². The van der Waals surface area contributed by atoms with Crippen LogP contribution in [0.25, 0.3) is 22.5 Å². The first-order valence-electron chi connectivity index (χ1n) is 9.12. The molecule has 4 aromatic rings. The Balaban J connectivity index is 1.55. The predicted octanol–water partition coefficient (Wildman–Crippen LogP) is 4.22. The highest BCUT2D eigenvalue weighted by Gasteiger charge is 2.29. The first-order chi connectivity index (χ1) is 14.9. The maximum Gasteiger partial charge on any atom is 0.406 e. The van der Waals surface area contributed by atoms with E-state index in [1.165, 1.54) is 12.3 Å². The molecule has 0 bridgehead atoms. The van der Waals surface area contributed by atoms with Crippen LogP contribution in [0.2, 0.25) is 0 Å². The molecule has 0 saturated carbocycles. The van der Waals surface area contributed by atoms with Crippen LogP contribution in [-0.2, 0) is 6.54 Å².